The molecule has 1 heterocycles. The molecule has 0 saturated heterocycles. The van der Waals surface area contributed by atoms with E-state index in [-0.39, 0.29) is 5.82 Å². The molecule has 0 bridgehead atoms. The predicted octanol–water partition coefficient (Wildman–Crippen LogP) is 2.44. The van der Waals surface area contributed by atoms with E-state index in [4.69, 9.17) is 17.0 Å². The fourth-order valence-electron chi connectivity index (χ4n) is 1.46. The van der Waals surface area contributed by atoms with Gasteiger partial charge in [0, 0.05) is 12.8 Å². The first-order chi connectivity index (χ1) is 9.17. The molecule has 0 atom stereocenters. The van der Waals surface area contributed by atoms with Crippen molar-refractivity contribution in [1.82, 2.24) is 9.78 Å². The van der Waals surface area contributed by atoms with Crippen molar-refractivity contribution in [2.45, 2.75) is 6.73 Å². The van der Waals surface area contributed by atoms with E-state index in [9.17, 15) is 4.39 Å². The Labute approximate surface area is 115 Å². The van der Waals surface area contributed by atoms with Crippen LogP contribution in [-0.2, 0) is 11.5 Å². The topological polar surface area (TPSA) is 51.1 Å². The molecule has 0 radical (unpaired) electrons. The van der Waals surface area contributed by atoms with Crippen molar-refractivity contribution in [2.75, 3.05) is 17.7 Å². The van der Waals surface area contributed by atoms with Crippen molar-refractivity contribution < 1.29 is 9.13 Å². The van der Waals surface area contributed by atoms with Gasteiger partial charge in [0.25, 0.3) is 0 Å². The van der Waals surface area contributed by atoms with Crippen LogP contribution < -0.4 is 10.6 Å². The predicted molar refractivity (Wildman–Crippen MR) is 75.5 cm³/mol. The molecule has 0 amide bonds. The average Bonchev–Trinajstić information content (AvgIpc) is 2.80. The van der Waals surface area contributed by atoms with Crippen molar-refractivity contribution in [1.29, 1.82) is 0 Å². The van der Waals surface area contributed by atoms with Crippen molar-refractivity contribution in [2.24, 2.45) is 0 Å². The lowest BCUT2D eigenvalue weighted by molar-refractivity contribution is 0.120. The lowest BCUT2D eigenvalue weighted by atomic mass is 10.3. The number of halogens is 1. The van der Waals surface area contributed by atoms with Crippen LogP contribution in [0.2, 0.25) is 0 Å². The lowest BCUT2D eigenvalue weighted by Gasteiger charge is -2.08. The normalized spacial score (nSPS) is 10.2. The number of hydrogen-bond acceptors (Lipinski definition) is 3. The minimum absolute atomic E-state index is 0.287. The monoisotopic (exact) mass is 280 g/mol. The summed E-state index contributed by atoms with van der Waals surface area (Å²) in [5.74, 6) is -0.287. The van der Waals surface area contributed by atoms with Crippen LogP contribution in [0.1, 0.15) is 0 Å². The van der Waals surface area contributed by atoms with E-state index in [0.717, 1.165) is 5.69 Å². The van der Waals surface area contributed by atoms with Gasteiger partial charge in [-0.05, 0) is 36.5 Å². The molecule has 2 aromatic rings. The highest BCUT2D eigenvalue weighted by molar-refractivity contribution is 7.80. The summed E-state index contributed by atoms with van der Waals surface area (Å²) in [6.45, 7) is 0.375. The summed E-state index contributed by atoms with van der Waals surface area (Å²) in [5, 5.41) is 10.4. The number of benzene rings is 1. The number of nitrogens with zero attached hydrogens (tertiary/aromatic N) is 2. The first-order valence-corrected chi connectivity index (χ1v) is 5.93. The third-order valence-electron chi connectivity index (χ3n) is 2.25. The van der Waals surface area contributed by atoms with Crippen molar-refractivity contribution >= 4 is 28.7 Å². The maximum Gasteiger partial charge on any atom is 0.175 e. The summed E-state index contributed by atoms with van der Waals surface area (Å²) in [7, 11) is 1.59. The number of nitrogens with one attached hydrogen (secondary N) is 2. The molecule has 0 aliphatic rings. The van der Waals surface area contributed by atoms with Gasteiger partial charge in [-0.2, -0.15) is 5.10 Å². The Morgan fingerprint density at radius 2 is 2.00 bits per heavy atom. The Kier molecular flexibility index (Phi) is 4.43. The summed E-state index contributed by atoms with van der Waals surface area (Å²) < 4.78 is 19.3. The van der Waals surface area contributed by atoms with E-state index >= 15 is 0 Å². The molecule has 1 aromatic carbocycles. The number of ether oxygens (including phenoxy) is 1. The minimum Gasteiger partial charge on any atom is -0.362 e. The second-order valence-corrected chi connectivity index (χ2v) is 4.18. The van der Waals surface area contributed by atoms with E-state index < -0.39 is 0 Å². The van der Waals surface area contributed by atoms with Gasteiger partial charge in [-0.25, -0.2) is 9.07 Å². The molecule has 0 unspecified atom stereocenters. The molecule has 2 N–H and O–H groups in total. The fourth-order valence-corrected chi connectivity index (χ4v) is 1.69. The molecule has 7 heteroatoms. The smallest absolute Gasteiger partial charge is 0.175 e. The van der Waals surface area contributed by atoms with Crippen LogP contribution in [0, 0.1) is 5.82 Å². The number of thiocarbonyl (C=S) groups is 1. The second kappa shape index (κ2) is 6.26. The Hall–Kier alpha value is -1.99. The highest BCUT2D eigenvalue weighted by Gasteiger charge is 2.02. The zero-order valence-corrected chi connectivity index (χ0v) is 11.1. The highest BCUT2D eigenvalue weighted by Crippen LogP contribution is 2.10. The van der Waals surface area contributed by atoms with E-state index in [1.165, 1.54) is 12.1 Å². The molecule has 0 fully saturated rings. The van der Waals surface area contributed by atoms with Crippen molar-refractivity contribution in [3.63, 3.8) is 0 Å². The summed E-state index contributed by atoms with van der Waals surface area (Å²) >= 11 is 5.14. The molecule has 0 saturated carbocycles. The van der Waals surface area contributed by atoms with Crippen LogP contribution in [0.3, 0.4) is 0 Å². The molecular weight excluding hydrogens is 267 g/mol. The van der Waals surface area contributed by atoms with Gasteiger partial charge in [0.15, 0.2) is 5.11 Å². The summed E-state index contributed by atoms with van der Waals surface area (Å²) in [6, 6.07) is 5.94. The highest BCUT2D eigenvalue weighted by atomic mass is 32.1. The van der Waals surface area contributed by atoms with Crippen LogP contribution >= 0.6 is 12.2 Å². The molecule has 0 spiro atoms. The molecule has 0 aliphatic carbocycles. The Morgan fingerprint density at radius 3 is 2.68 bits per heavy atom. The summed E-state index contributed by atoms with van der Waals surface area (Å²) in [4.78, 5) is 0. The molecular formula is C12H13FN4OS. The quantitative estimate of drug-likeness (QED) is 0.842. The largest absolute Gasteiger partial charge is 0.362 e. The van der Waals surface area contributed by atoms with Crippen LogP contribution in [0.15, 0.2) is 36.7 Å². The van der Waals surface area contributed by atoms with Gasteiger partial charge in [0.05, 0.1) is 18.1 Å². The van der Waals surface area contributed by atoms with Gasteiger partial charge in [-0.3, -0.25) is 0 Å². The average molecular weight is 280 g/mol. The van der Waals surface area contributed by atoms with E-state index in [2.05, 4.69) is 15.7 Å². The maximum absolute atomic E-state index is 12.7. The van der Waals surface area contributed by atoms with Gasteiger partial charge in [0.2, 0.25) is 0 Å². The third-order valence-corrected chi connectivity index (χ3v) is 2.46. The number of rotatable bonds is 4. The Morgan fingerprint density at radius 1 is 1.32 bits per heavy atom. The third kappa shape index (κ3) is 4.01. The zero-order chi connectivity index (χ0) is 13.7. The zero-order valence-electron chi connectivity index (χ0n) is 10.3. The summed E-state index contributed by atoms with van der Waals surface area (Å²) in [6.07, 6.45) is 3.40. The second-order valence-electron chi connectivity index (χ2n) is 3.77. The number of anilines is 2. The van der Waals surface area contributed by atoms with Gasteiger partial charge < -0.3 is 15.4 Å². The Balaban J connectivity index is 1.91. The van der Waals surface area contributed by atoms with E-state index in [1.807, 2.05) is 0 Å². The van der Waals surface area contributed by atoms with Gasteiger partial charge in [0.1, 0.15) is 12.5 Å². The number of hydrogen-bond donors (Lipinski definition) is 2. The van der Waals surface area contributed by atoms with E-state index in [0.29, 0.717) is 17.5 Å². The van der Waals surface area contributed by atoms with Gasteiger partial charge in [-0.15, -0.1) is 0 Å². The first kappa shape index (κ1) is 13.4. The number of methoxy groups -OCH3 is 1. The Bertz CT molecular complexity index is 555. The van der Waals surface area contributed by atoms with Crippen LogP contribution in [0.4, 0.5) is 15.8 Å². The first-order valence-electron chi connectivity index (χ1n) is 5.52. The van der Waals surface area contributed by atoms with E-state index in [1.54, 1.807) is 36.3 Å². The molecule has 5 nitrogen and oxygen atoms in total. The van der Waals surface area contributed by atoms with Crippen LogP contribution in [0.25, 0.3) is 0 Å². The SMILES string of the molecule is COCn1cc(NC(=S)Nc2ccc(F)cc2)cn1. The lowest BCUT2D eigenvalue weighted by Crippen LogP contribution is -2.18. The fraction of sp³-hybridized carbons (Fsp3) is 0.167. The van der Waals surface area contributed by atoms with Crippen molar-refractivity contribution in [3.8, 4) is 0 Å². The van der Waals surface area contributed by atoms with Gasteiger partial charge in [-0.1, -0.05) is 0 Å². The summed E-state index contributed by atoms with van der Waals surface area (Å²) in [5.41, 5.74) is 1.46. The standard InChI is InChI=1S/C12H13FN4OS/c1-18-8-17-7-11(6-14-17)16-12(19)15-10-4-2-9(13)3-5-10/h2-7H,8H2,1H3,(H2,15,16,19). The van der Waals surface area contributed by atoms with Crippen LogP contribution in [-0.4, -0.2) is 22.0 Å². The molecule has 2 rings (SSSR count). The number of aromatic nitrogens is 2. The van der Waals surface area contributed by atoms with Crippen LogP contribution in [0.5, 0.6) is 0 Å². The molecule has 19 heavy (non-hydrogen) atoms. The minimum atomic E-state index is -0.287. The molecule has 0 aliphatic heterocycles. The van der Waals surface area contributed by atoms with Gasteiger partial charge >= 0.3 is 0 Å². The molecule has 100 valence electrons. The van der Waals surface area contributed by atoms with Crippen molar-refractivity contribution in [3.05, 3.63) is 42.5 Å². The molecule has 1 aromatic heterocycles. The maximum atomic E-state index is 12.7.